The van der Waals surface area contributed by atoms with Gasteiger partial charge in [-0.2, -0.15) is 0 Å². The second-order valence-electron chi connectivity index (χ2n) is 6.61. The maximum absolute atomic E-state index is 12.8. The Labute approximate surface area is 167 Å². The number of hydrogen-bond acceptors (Lipinski definition) is 7. The van der Waals surface area contributed by atoms with Gasteiger partial charge in [-0.25, -0.2) is 4.79 Å². The van der Waals surface area contributed by atoms with E-state index in [9.17, 15) is 30.0 Å². The Morgan fingerprint density at radius 2 is 1.59 bits per heavy atom. The molecule has 0 aliphatic rings. The third kappa shape index (κ3) is 5.19. The minimum atomic E-state index is -1.17. The molecule has 2 rings (SSSR count). The summed E-state index contributed by atoms with van der Waals surface area (Å²) in [6.07, 6.45) is 0.501. The molecule has 0 aromatic heterocycles. The predicted octanol–water partition coefficient (Wildman–Crippen LogP) is 2.59. The van der Waals surface area contributed by atoms with Crippen LogP contribution in [-0.2, 0) is 20.7 Å². The zero-order valence-electron chi connectivity index (χ0n) is 16.1. The number of amides is 1. The van der Waals surface area contributed by atoms with Crippen molar-refractivity contribution in [3.05, 3.63) is 54.6 Å². The minimum absolute atomic E-state index is 0.0549. The van der Waals surface area contributed by atoms with Crippen LogP contribution < -0.4 is 4.90 Å². The van der Waals surface area contributed by atoms with E-state index in [0.717, 1.165) is 17.0 Å². The molecule has 0 spiro atoms. The van der Waals surface area contributed by atoms with Crippen molar-refractivity contribution in [2.24, 2.45) is 0 Å². The molecule has 8 nitrogen and oxygen atoms in total. The van der Waals surface area contributed by atoms with Crippen LogP contribution >= 0.6 is 0 Å². The standard InChI is InChI=1S/C21H23NO7/c1-4-20(27)22(14-6-8-17(24)19(26)11-14)15(21(28)29-12(2)3)9-13-5-7-16(23)18(25)10-13/h4-8,10-12,15,23-26H,1,9H2,2-3H3/t15-/m0/s1. The van der Waals surface area contributed by atoms with Crippen LogP contribution in [0.3, 0.4) is 0 Å². The number of nitrogens with zero attached hydrogens (tertiary/aromatic N) is 1. The Kier molecular flexibility index (Phi) is 6.71. The third-order valence-electron chi connectivity index (χ3n) is 4.05. The zero-order chi connectivity index (χ0) is 21.7. The number of carbonyl (C=O) groups is 2. The largest absolute Gasteiger partial charge is 0.504 e. The summed E-state index contributed by atoms with van der Waals surface area (Å²) in [7, 11) is 0. The first-order valence-electron chi connectivity index (χ1n) is 8.83. The summed E-state index contributed by atoms with van der Waals surface area (Å²) < 4.78 is 5.30. The highest BCUT2D eigenvalue weighted by molar-refractivity contribution is 6.05. The van der Waals surface area contributed by atoms with Crippen LogP contribution in [0, 0.1) is 0 Å². The molecule has 29 heavy (non-hydrogen) atoms. The highest BCUT2D eigenvalue weighted by Gasteiger charge is 2.32. The number of anilines is 1. The van der Waals surface area contributed by atoms with Crippen molar-refractivity contribution < 1.29 is 34.8 Å². The molecule has 0 aliphatic carbocycles. The lowest BCUT2D eigenvalue weighted by Gasteiger charge is -2.30. The summed E-state index contributed by atoms with van der Waals surface area (Å²) in [5, 5.41) is 38.7. The van der Waals surface area contributed by atoms with E-state index in [1.807, 2.05) is 0 Å². The number of rotatable bonds is 7. The number of phenolic OH excluding ortho intramolecular Hbond substituents is 4. The Hall–Kier alpha value is -3.68. The fraction of sp³-hybridized carbons (Fsp3) is 0.238. The molecule has 0 fully saturated rings. The maximum atomic E-state index is 12.8. The van der Waals surface area contributed by atoms with Gasteiger partial charge in [0, 0.05) is 18.2 Å². The van der Waals surface area contributed by atoms with Crippen LogP contribution in [0.5, 0.6) is 23.0 Å². The van der Waals surface area contributed by atoms with Crippen molar-refractivity contribution in [1.82, 2.24) is 0 Å². The smallest absolute Gasteiger partial charge is 0.329 e. The van der Waals surface area contributed by atoms with Gasteiger partial charge in [-0.3, -0.25) is 9.69 Å². The lowest BCUT2D eigenvalue weighted by molar-refractivity contribution is -0.149. The van der Waals surface area contributed by atoms with Crippen LogP contribution in [0.2, 0.25) is 0 Å². The van der Waals surface area contributed by atoms with Gasteiger partial charge in [0.05, 0.1) is 6.10 Å². The molecule has 8 heteroatoms. The molecule has 0 heterocycles. The highest BCUT2D eigenvalue weighted by atomic mass is 16.5. The minimum Gasteiger partial charge on any atom is -0.504 e. The van der Waals surface area contributed by atoms with Gasteiger partial charge in [-0.1, -0.05) is 12.6 Å². The predicted molar refractivity (Wildman–Crippen MR) is 106 cm³/mol. The van der Waals surface area contributed by atoms with Crippen molar-refractivity contribution >= 4 is 17.6 Å². The molecule has 0 saturated carbocycles. The number of esters is 1. The SMILES string of the molecule is C=CC(=O)N(c1ccc(O)c(O)c1)[C@@H](Cc1ccc(O)c(O)c1)C(=O)OC(C)C. The molecule has 0 unspecified atom stereocenters. The normalized spacial score (nSPS) is 11.7. The molecule has 0 saturated heterocycles. The Bertz CT molecular complexity index is 923. The van der Waals surface area contributed by atoms with Gasteiger partial charge < -0.3 is 25.2 Å². The fourth-order valence-electron chi connectivity index (χ4n) is 2.73. The molecular weight excluding hydrogens is 378 g/mol. The molecular formula is C21H23NO7. The summed E-state index contributed by atoms with van der Waals surface area (Å²) in [6, 6.07) is 6.55. The van der Waals surface area contributed by atoms with Gasteiger partial charge in [0.25, 0.3) is 5.91 Å². The van der Waals surface area contributed by atoms with Crippen LogP contribution in [-0.4, -0.2) is 44.4 Å². The summed E-state index contributed by atoms with van der Waals surface area (Å²) in [5.41, 5.74) is 0.592. The molecule has 4 N–H and O–H groups in total. The Morgan fingerprint density at radius 1 is 1.00 bits per heavy atom. The van der Waals surface area contributed by atoms with Crippen LogP contribution in [0.4, 0.5) is 5.69 Å². The molecule has 2 aromatic rings. The first kappa shape index (κ1) is 21.6. The van der Waals surface area contributed by atoms with Crippen LogP contribution in [0.25, 0.3) is 0 Å². The van der Waals surface area contributed by atoms with Crippen molar-refractivity contribution in [1.29, 1.82) is 0 Å². The van der Waals surface area contributed by atoms with Crippen LogP contribution in [0.1, 0.15) is 19.4 Å². The zero-order valence-corrected chi connectivity index (χ0v) is 16.1. The summed E-state index contributed by atoms with van der Waals surface area (Å²) >= 11 is 0. The van der Waals surface area contributed by atoms with E-state index in [4.69, 9.17) is 4.74 Å². The van der Waals surface area contributed by atoms with E-state index in [0.29, 0.717) is 5.56 Å². The lowest BCUT2D eigenvalue weighted by atomic mass is 10.0. The van der Waals surface area contributed by atoms with E-state index in [-0.39, 0.29) is 29.4 Å². The van der Waals surface area contributed by atoms with Gasteiger partial charge in [-0.15, -0.1) is 0 Å². The van der Waals surface area contributed by atoms with Crippen molar-refractivity contribution in [2.45, 2.75) is 32.4 Å². The number of benzene rings is 2. The number of ether oxygens (including phenoxy) is 1. The third-order valence-corrected chi connectivity index (χ3v) is 4.05. The number of hydrogen-bond donors (Lipinski definition) is 4. The average molecular weight is 401 g/mol. The topological polar surface area (TPSA) is 128 Å². The monoisotopic (exact) mass is 401 g/mol. The first-order valence-corrected chi connectivity index (χ1v) is 8.83. The molecule has 0 bridgehead atoms. The van der Waals surface area contributed by atoms with Gasteiger partial charge >= 0.3 is 5.97 Å². The Balaban J connectivity index is 2.54. The number of aromatic hydroxyl groups is 4. The van der Waals surface area contributed by atoms with Gasteiger partial charge in [0.1, 0.15) is 6.04 Å². The molecule has 2 aromatic carbocycles. The fourth-order valence-corrected chi connectivity index (χ4v) is 2.73. The van der Waals surface area contributed by atoms with Gasteiger partial charge in [-0.05, 0) is 49.8 Å². The van der Waals surface area contributed by atoms with Crippen molar-refractivity contribution in [2.75, 3.05) is 4.90 Å². The van der Waals surface area contributed by atoms with Crippen molar-refractivity contribution in [3.8, 4) is 23.0 Å². The lowest BCUT2D eigenvalue weighted by Crippen LogP contribution is -2.47. The van der Waals surface area contributed by atoms with E-state index < -0.39 is 29.8 Å². The van der Waals surface area contributed by atoms with E-state index >= 15 is 0 Å². The summed E-state index contributed by atoms with van der Waals surface area (Å²) in [6.45, 7) is 6.77. The molecule has 0 radical (unpaired) electrons. The second kappa shape index (κ2) is 9.01. The van der Waals surface area contributed by atoms with E-state index in [1.54, 1.807) is 13.8 Å². The van der Waals surface area contributed by atoms with Crippen molar-refractivity contribution in [3.63, 3.8) is 0 Å². The average Bonchev–Trinajstić information content (AvgIpc) is 2.66. The molecule has 154 valence electrons. The Morgan fingerprint density at radius 3 is 2.10 bits per heavy atom. The van der Waals surface area contributed by atoms with Crippen LogP contribution in [0.15, 0.2) is 49.1 Å². The quantitative estimate of drug-likeness (QED) is 0.319. The number of phenols is 4. The first-order chi connectivity index (χ1) is 13.6. The van der Waals surface area contributed by atoms with E-state index in [1.165, 1.54) is 30.3 Å². The van der Waals surface area contributed by atoms with Gasteiger partial charge in [0.2, 0.25) is 0 Å². The molecule has 1 atom stereocenters. The van der Waals surface area contributed by atoms with Gasteiger partial charge in [0.15, 0.2) is 23.0 Å². The second-order valence-corrected chi connectivity index (χ2v) is 6.61. The summed E-state index contributed by atoms with van der Waals surface area (Å²) in [5.74, 6) is -2.90. The highest BCUT2D eigenvalue weighted by Crippen LogP contribution is 2.32. The number of carbonyl (C=O) groups excluding carboxylic acids is 2. The maximum Gasteiger partial charge on any atom is 0.329 e. The van der Waals surface area contributed by atoms with E-state index in [2.05, 4.69) is 6.58 Å². The summed E-state index contributed by atoms with van der Waals surface area (Å²) in [4.78, 5) is 26.5. The molecule has 1 amide bonds. The molecule has 0 aliphatic heterocycles.